The van der Waals surface area contributed by atoms with Gasteiger partial charge in [0.25, 0.3) is 5.82 Å². The van der Waals surface area contributed by atoms with E-state index in [1.165, 1.54) is 44.5 Å². The minimum atomic E-state index is 1.17. The summed E-state index contributed by atoms with van der Waals surface area (Å²) >= 11 is 0. The van der Waals surface area contributed by atoms with E-state index < -0.39 is 0 Å². The first kappa shape index (κ1) is 10.3. The lowest BCUT2D eigenvalue weighted by molar-refractivity contribution is -0.702. The van der Waals surface area contributed by atoms with E-state index in [-0.39, 0.29) is 0 Å². The number of nitrogens with zero attached hydrogens (tertiary/aromatic N) is 1. The molecule has 1 N–H and O–H groups in total. The highest BCUT2D eigenvalue weighted by molar-refractivity contribution is 4.70. The standard InChI is InChI=1S/C11H20N2/c1-3-4-5-6-7-9-13-10-8-12-11(13)2/h8,10H,3-7,9H2,1-2H3/p+1. The maximum Gasteiger partial charge on any atom is 0.251 e. The van der Waals surface area contributed by atoms with E-state index in [0.29, 0.717) is 0 Å². The molecule has 74 valence electrons. The predicted octanol–water partition coefficient (Wildman–Crippen LogP) is 2.58. The lowest BCUT2D eigenvalue weighted by atomic mass is 10.1. The summed E-state index contributed by atoms with van der Waals surface area (Å²) in [5, 5.41) is 0. The monoisotopic (exact) mass is 181 g/mol. The summed E-state index contributed by atoms with van der Waals surface area (Å²) in [7, 11) is 0. The quantitative estimate of drug-likeness (QED) is 0.514. The van der Waals surface area contributed by atoms with Crippen LogP contribution in [0.4, 0.5) is 0 Å². The van der Waals surface area contributed by atoms with Gasteiger partial charge in [0.05, 0.1) is 6.54 Å². The number of rotatable bonds is 6. The van der Waals surface area contributed by atoms with Crippen molar-refractivity contribution < 1.29 is 4.57 Å². The number of aromatic nitrogens is 2. The van der Waals surface area contributed by atoms with Gasteiger partial charge in [-0.05, 0) is 12.8 Å². The van der Waals surface area contributed by atoms with E-state index in [9.17, 15) is 0 Å². The number of nitrogens with one attached hydrogen (secondary N) is 1. The SMILES string of the molecule is CCCCCCC[n+]1cc[nH]c1C. The van der Waals surface area contributed by atoms with E-state index in [1.54, 1.807) is 0 Å². The zero-order valence-corrected chi connectivity index (χ0v) is 8.84. The molecule has 0 saturated carbocycles. The molecule has 0 aliphatic rings. The Morgan fingerprint density at radius 3 is 2.62 bits per heavy atom. The number of aromatic amines is 1. The number of unbranched alkanes of at least 4 members (excludes halogenated alkanes) is 4. The van der Waals surface area contributed by atoms with Gasteiger partial charge in [-0.2, -0.15) is 0 Å². The molecule has 0 unspecified atom stereocenters. The van der Waals surface area contributed by atoms with Crippen LogP contribution in [0, 0.1) is 6.92 Å². The third-order valence-electron chi connectivity index (χ3n) is 2.48. The maximum absolute atomic E-state index is 3.18. The Kier molecular flexibility index (Phi) is 4.58. The second kappa shape index (κ2) is 5.79. The molecule has 0 radical (unpaired) electrons. The maximum atomic E-state index is 3.18. The van der Waals surface area contributed by atoms with Crippen LogP contribution in [-0.4, -0.2) is 4.98 Å². The first-order chi connectivity index (χ1) is 6.34. The van der Waals surface area contributed by atoms with Gasteiger partial charge in [0.2, 0.25) is 0 Å². The van der Waals surface area contributed by atoms with Crippen LogP contribution in [0.2, 0.25) is 0 Å². The molecule has 0 aliphatic carbocycles. The largest absolute Gasteiger partial charge is 0.251 e. The van der Waals surface area contributed by atoms with Gasteiger partial charge < -0.3 is 0 Å². The molecule has 2 heteroatoms. The fourth-order valence-corrected chi connectivity index (χ4v) is 1.57. The topological polar surface area (TPSA) is 19.7 Å². The van der Waals surface area contributed by atoms with Crippen LogP contribution in [0.25, 0.3) is 0 Å². The molecule has 1 aromatic heterocycles. The Hall–Kier alpha value is -0.790. The molecule has 0 bridgehead atoms. The summed E-state index contributed by atoms with van der Waals surface area (Å²) < 4.78 is 2.28. The van der Waals surface area contributed by atoms with Crippen molar-refractivity contribution in [3.63, 3.8) is 0 Å². The normalized spacial score (nSPS) is 10.6. The van der Waals surface area contributed by atoms with Gasteiger partial charge in [-0.3, -0.25) is 0 Å². The van der Waals surface area contributed by atoms with E-state index in [2.05, 4.69) is 29.6 Å². The molecule has 2 nitrogen and oxygen atoms in total. The van der Waals surface area contributed by atoms with Crippen LogP contribution < -0.4 is 4.57 Å². The van der Waals surface area contributed by atoms with E-state index in [0.717, 1.165) is 0 Å². The van der Waals surface area contributed by atoms with Crippen molar-refractivity contribution in [2.24, 2.45) is 0 Å². The van der Waals surface area contributed by atoms with Gasteiger partial charge >= 0.3 is 0 Å². The molecule has 0 spiro atoms. The summed E-state index contributed by atoms with van der Waals surface area (Å²) in [6.45, 7) is 5.54. The highest BCUT2D eigenvalue weighted by Crippen LogP contribution is 2.02. The van der Waals surface area contributed by atoms with Gasteiger partial charge in [-0.1, -0.05) is 26.2 Å². The van der Waals surface area contributed by atoms with Crippen molar-refractivity contribution in [3.05, 3.63) is 18.2 Å². The van der Waals surface area contributed by atoms with Crippen molar-refractivity contribution in [3.8, 4) is 0 Å². The van der Waals surface area contributed by atoms with Gasteiger partial charge in [0.15, 0.2) is 0 Å². The summed E-state index contributed by atoms with van der Waals surface area (Å²) in [6, 6.07) is 0. The zero-order chi connectivity index (χ0) is 9.52. The molecule has 1 aromatic rings. The first-order valence-electron chi connectivity index (χ1n) is 5.38. The highest BCUT2D eigenvalue weighted by Gasteiger charge is 2.02. The Bertz CT molecular complexity index is 228. The van der Waals surface area contributed by atoms with Crippen LogP contribution in [0.5, 0.6) is 0 Å². The molecular weight excluding hydrogens is 160 g/mol. The molecular formula is C11H21N2+. The minimum Gasteiger partial charge on any atom is -0.248 e. The van der Waals surface area contributed by atoms with Gasteiger partial charge in [0.1, 0.15) is 12.4 Å². The van der Waals surface area contributed by atoms with Crippen LogP contribution in [0.3, 0.4) is 0 Å². The number of H-pyrrole nitrogens is 1. The van der Waals surface area contributed by atoms with E-state index >= 15 is 0 Å². The molecule has 0 aromatic carbocycles. The Morgan fingerprint density at radius 2 is 2.00 bits per heavy atom. The van der Waals surface area contributed by atoms with Crippen molar-refractivity contribution in [1.82, 2.24) is 4.98 Å². The predicted molar refractivity (Wildman–Crippen MR) is 54.5 cm³/mol. The Labute approximate surface area is 81.0 Å². The first-order valence-corrected chi connectivity index (χ1v) is 5.38. The third-order valence-corrected chi connectivity index (χ3v) is 2.48. The molecule has 0 aliphatic heterocycles. The van der Waals surface area contributed by atoms with Crippen molar-refractivity contribution >= 4 is 0 Å². The lowest BCUT2D eigenvalue weighted by Crippen LogP contribution is -2.34. The van der Waals surface area contributed by atoms with Crippen molar-refractivity contribution in [2.45, 2.75) is 52.5 Å². The average Bonchev–Trinajstić information content (AvgIpc) is 2.52. The Balaban J connectivity index is 2.10. The van der Waals surface area contributed by atoms with Crippen LogP contribution in [-0.2, 0) is 6.54 Å². The number of imidazole rings is 1. The van der Waals surface area contributed by atoms with Crippen LogP contribution in [0.1, 0.15) is 44.9 Å². The van der Waals surface area contributed by atoms with Gasteiger partial charge in [-0.15, -0.1) is 0 Å². The average molecular weight is 181 g/mol. The summed E-state index contributed by atoms with van der Waals surface area (Å²) in [5.74, 6) is 1.26. The fraction of sp³-hybridized carbons (Fsp3) is 0.727. The van der Waals surface area contributed by atoms with E-state index in [1.807, 2.05) is 6.20 Å². The molecule has 0 atom stereocenters. The number of aryl methyl sites for hydroxylation is 2. The number of hydrogen-bond acceptors (Lipinski definition) is 0. The molecule has 13 heavy (non-hydrogen) atoms. The second-order valence-corrected chi connectivity index (χ2v) is 3.65. The van der Waals surface area contributed by atoms with Gasteiger partial charge in [0, 0.05) is 6.92 Å². The van der Waals surface area contributed by atoms with Gasteiger partial charge in [-0.25, -0.2) is 9.55 Å². The molecule has 0 saturated heterocycles. The Morgan fingerprint density at radius 1 is 1.23 bits per heavy atom. The van der Waals surface area contributed by atoms with Crippen molar-refractivity contribution in [2.75, 3.05) is 0 Å². The summed E-state index contributed by atoms with van der Waals surface area (Å²) in [4.78, 5) is 3.18. The summed E-state index contributed by atoms with van der Waals surface area (Å²) in [5.41, 5.74) is 0. The highest BCUT2D eigenvalue weighted by atomic mass is 15.0. The van der Waals surface area contributed by atoms with E-state index in [4.69, 9.17) is 0 Å². The smallest absolute Gasteiger partial charge is 0.248 e. The third kappa shape index (κ3) is 3.62. The second-order valence-electron chi connectivity index (χ2n) is 3.65. The fourth-order valence-electron chi connectivity index (χ4n) is 1.57. The zero-order valence-electron chi connectivity index (χ0n) is 8.84. The molecule has 1 rings (SSSR count). The van der Waals surface area contributed by atoms with Crippen LogP contribution in [0.15, 0.2) is 12.4 Å². The minimum absolute atomic E-state index is 1.17. The van der Waals surface area contributed by atoms with Crippen molar-refractivity contribution in [1.29, 1.82) is 0 Å². The number of hydrogen-bond donors (Lipinski definition) is 1. The molecule has 0 amide bonds. The molecule has 0 fully saturated rings. The lowest BCUT2D eigenvalue weighted by Gasteiger charge is -1.98. The molecule has 1 heterocycles. The summed E-state index contributed by atoms with van der Waals surface area (Å²) in [6.07, 6.45) is 10.9. The van der Waals surface area contributed by atoms with Crippen LogP contribution >= 0.6 is 0 Å².